The van der Waals surface area contributed by atoms with Crippen molar-refractivity contribution in [3.8, 4) is 17.1 Å². The van der Waals surface area contributed by atoms with Crippen molar-refractivity contribution in [3.63, 3.8) is 0 Å². The lowest BCUT2D eigenvalue weighted by Gasteiger charge is -2.40. The fourth-order valence-electron chi connectivity index (χ4n) is 5.05. The van der Waals surface area contributed by atoms with Gasteiger partial charge in [0.05, 0.1) is 5.69 Å². The van der Waals surface area contributed by atoms with Crippen LogP contribution in [0.1, 0.15) is 42.7 Å². The van der Waals surface area contributed by atoms with Crippen molar-refractivity contribution in [3.05, 3.63) is 47.5 Å². The molecular weight excluding hydrogens is 504 g/mol. The van der Waals surface area contributed by atoms with E-state index in [9.17, 15) is 13.2 Å². The number of carbonyl (C=O) groups is 1. The third kappa shape index (κ3) is 5.52. The smallest absolute Gasteiger partial charge is 0.240 e. The number of ether oxygens (including phenoxy) is 2. The molecule has 1 aromatic heterocycles. The summed E-state index contributed by atoms with van der Waals surface area (Å²) >= 11 is 0. The van der Waals surface area contributed by atoms with E-state index >= 15 is 0 Å². The lowest BCUT2D eigenvalue weighted by Crippen LogP contribution is -2.59. The number of sulfonamides is 1. The molecule has 2 saturated heterocycles. The van der Waals surface area contributed by atoms with Crippen molar-refractivity contribution in [2.24, 2.45) is 11.5 Å². The molecule has 1 amide bonds. The maximum Gasteiger partial charge on any atom is 0.240 e. The molecule has 0 bridgehead atoms. The number of hydrogen-bond donors (Lipinski definition) is 2. The Morgan fingerprint density at radius 1 is 1.19 bits per heavy atom. The highest BCUT2D eigenvalue weighted by Crippen LogP contribution is 2.37. The molecule has 36 heavy (non-hydrogen) atoms. The SMILES string of the molecule is Cc1cc(C2CCN(S(=O)(=O)C3(C(N)=O)CCOCC3)CC2)ccc1-c1cccc(OCCN)n1.Cl. The van der Waals surface area contributed by atoms with E-state index in [-0.39, 0.29) is 44.4 Å². The minimum Gasteiger partial charge on any atom is -0.476 e. The van der Waals surface area contributed by atoms with Gasteiger partial charge in [0.2, 0.25) is 21.8 Å². The second-order valence-corrected chi connectivity index (χ2v) is 11.5. The summed E-state index contributed by atoms with van der Waals surface area (Å²) in [6.07, 6.45) is 1.59. The molecule has 2 fully saturated rings. The number of rotatable bonds is 8. The van der Waals surface area contributed by atoms with E-state index < -0.39 is 20.7 Å². The molecule has 2 aliphatic heterocycles. The molecule has 0 unspecified atom stereocenters. The number of primary amides is 1. The molecule has 0 saturated carbocycles. The average Bonchev–Trinajstić information content (AvgIpc) is 2.88. The standard InChI is InChI=1S/C25H34N4O5S.ClH/c1-18-17-20(5-6-21(18)22-3-2-4-23(28-22)34-16-11-26)19-7-12-29(13-8-19)35(31,32)25(24(27)30)9-14-33-15-10-25;/h2-6,17,19H,7-16,26H2,1H3,(H2,27,30);1H. The molecule has 1 aromatic carbocycles. The quantitative estimate of drug-likeness (QED) is 0.526. The number of carbonyl (C=O) groups excluding carboxylic acids is 1. The average molecular weight is 539 g/mol. The number of pyridine rings is 1. The molecule has 2 aromatic rings. The van der Waals surface area contributed by atoms with Crippen LogP contribution in [0.15, 0.2) is 36.4 Å². The highest BCUT2D eigenvalue weighted by molar-refractivity contribution is 7.91. The van der Waals surface area contributed by atoms with Crippen LogP contribution in [0, 0.1) is 6.92 Å². The Kier molecular flexibility index (Phi) is 9.34. The van der Waals surface area contributed by atoms with Crippen molar-refractivity contribution in [1.82, 2.24) is 9.29 Å². The van der Waals surface area contributed by atoms with Crippen LogP contribution in [0.5, 0.6) is 5.88 Å². The number of aromatic nitrogens is 1. The van der Waals surface area contributed by atoms with Crippen LogP contribution >= 0.6 is 12.4 Å². The molecule has 4 rings (SSSR count). The molecular formula is C25H35ClN4O5S. The first-order chi connectivity index (χ1) is 16.8. The minimum atomic E-state index is -3.86. The van der Waals surface area contributed by atoms with E-state index in [1.165, 1.54) is 9.87 Å². The summed E-state index contributed by atoms with van der Waals surface area (Å²) in [5.74, 6) is 0.00381. The Balaban J connectivity index is 0.00000361. The van der Waals surface area contributed by atoms with Crippen molar-refractivity contribution in [1.29, 1.82) is 0 Å². The summed E-state index contributed by atoms with van der Waals surface area (Å²) in [4.78, 5) is 16.8. The first kappa shape index (κ1) is 28.3. The Labute approximate surface area is 219 Å². The predicted octanol–water partition coefficient (Wildman–Crippen LogP) is 2.36. The first-order valence-corrected chi connectivity index (χ1v) is 13.5. The number of nitrogens with two attached hydrogens (primary N) is 2. The number of piperidine rings is 1. The third-order valence-corrected chi connectivity index (χ3v) is 9.77. The number of aryl methyl sites for hydroxylation is 1. The Morgan fingerprint density at radius 2 is 1.89 bits per heavy atom. The van der Waals surface area contributed by atoms with E-state index in [1.54, 1.807) is 0 Å². The van der Waals surface area contributed by atoms with Crippen LogP contribution in [-0.4, -0.2) is 67.8 Å². The Bertz CT molecular complexity index is 1160. The Hall–Kier alpha value is -2.24. The summed E-state index contributed by atoms with van der Waals surface area (Å²) in [5, 5.41) is 0. The molecule has 4 N–H and O–H groups in total. The van der Waals surface area contributed by atoms with Crippen LogP contribution in [-0.2, 0) is 19.6 Å². The number of nitrogens with zero attached hydrogens (tertiary/aromatic N) is 2. The van der Waals surface area contributed by atoms with Gasteiger partial charge < -0.3 is 20.9 Å². The predicted molar refractivity (Wildman–Crippen MR) is 141 cm³/mol. The number of halogens is 1. The zero-order valence-electron chi connectivity index (χ0n) is 20.5. The van der Waals surface area contributed by atoms with E-state index in [2.05, 4.69) is 30.1 Å². The minimum absolute atomic E-state index is 0. The van der Waals surface area contributed by atoms with Crippen molar-refractivity contribution in [2.75, 3.05) is 39.5 Å². The van der Waals surface area contributed by atoms with Crippen LogP contribution < -0.4 is 16.2 Å². The number of hydrogen-bond acceptors (Lipinski definition) is 7. The van der Waals surface area contributed by atoms with Gasteiger partial charge in [-0.3, -0.25) is 4.79 Å². The van der Waals surface area contributed by atoms with E-state index in [0.717, 1.165) is 16.8 Å². The normalized spacial score (nSPS) is 18.8. The second-order valence-electron chi connectivity index (χ2n) is 9.22. The molecule has 2 aliphatic rings. The van der Waals surface area contributed by atoms with Gasteiger partial charge in [-0.1, -0.05) is 24.3 Å². The van der Waals surface area contributed by atoms with E-state index in [4.69, 9.17) is 20.9 Å². The molecule has 198 valence electrons. The van der Waals surface area contributed by atoms with Gasteiger partial charge in [-0.25, -0.2) is 17.7 Å². The van der Waals surface area contributed by atoms with Gasteiger partial charge >= 0.3 is 0 Å². The monoisotopic (exact) mass is 538 g/mol. The van der Waals surface area contributed by atoms with Gasteiger partial charge in [0.15, 0.2) is 4.75 Å². The summed E-state index contributed by atoms with van der Waals surface area (Å²) < 4.78 is 37.6. The first-order valence-electron chi connectivity index (χ1n) is 12.1. The molecule has 3 heterocycles. The van der Waals surface area contributed by atoms with E-state index in [0.29, 0.717) is 45.0 Å². The molecule has 0 aliphatic carbocycles. The van der Waals surface area contributed by atoms with Gasteiger partial charge in [-0.15, -0.1) is 12.4 Å². The van der Waals surface area contributed by atoms with Crippen molar-refractivity contribution >= 4 is 28.3 Å². The fourth-order valence-corrected chi connectivity index (χ4v) is 7.17. The third-order valence-electron chi connectivity index (χ3n) is 7.13. The van der Waals surface area contributed by atoms with Crippen LogP contribution in [0.4, 0.5) is 0 Å². The molecule has 11 heteroatoms. The lowest BCUT2D eigenvalue weighted by atomic mass is 9.88. The summed E-state index contributed by atoms with van der Waals surface area (Å²) in [6, 6.07) is 12.0. The van der Waals surface area contributed by atoms with Gasteiger partial charge in [0, 0.05) is 57.3 Å². The topological polar surface area (TPSA) is 138 Å². The fraction of sp³-hybridized carbons (Fsp3) is 0.520. The van der Waals surface area contributed by atoms with Crippen LogP contribution in [0.2, 0.25) is 0 Å². The molecule has 0 atom stereocenters. The summed E-state index contributed by atoms with van der Waals surface area (Å²) in [6.45, 7) is 4.07. The largest absolute Gasteiger partial charge is 0.476 e. The Morgan fingerprint density at radius 3 is 2.50 bits per heavy atom. The highest BCUT2D eigenvalue weighted by Gasteiger charge is 2.53. The summed E-state index contributed by atoms with van der Waals surface area (Å²) in [7, 11) is -3.86. The molecule has 0 radical (unpaired) electrons. The summed E-state index contributed by atoms with van der Waals surface area (Å²) in [5.41, 5.74) is 15.2. The zero-order valence-corrected chi connectivity index (χ0v) is 22.2. The van der Waals surface area contributed by atoms with E-state index in [1.807, 2.05) is 18.2 Å². The maximum absolute atomic E-state index is 13.4. The maximum atomic E-state index is 13.4. The lowest BCUT2D eigenvalue weighted by molar-refractivity contribution is -0.123. The highest BCUT2D eigenvalue weighted by atomic mass is 35.5. The van der Waals surface area contributed by atoms with Gasteiger partial charge in [0.25, 0.3) is 0 Å². The zero-order chi connectivity index (χ0) is 25.1. The second kappa shape index (κ2) is 11.9. The number of benzene rings is 1. The number of amides is 1. The van der Waals surface area contributed by atoms with Crippen LogP contribution in [0.3, 0.4) is 0 Å². The van der Waals surface area contributed by atoms with Crippen molar-refractivity contribution in [2.45, 2.75) is 43.3 Å². The molecule has 9 nitrogen and oxygen atoms in total. The van der Waals surface area contributed by atoms with Gasteiger partial charge in [0.1, 0.15) is 6.61 Å². The van der Waals surface area contributed by atoms with Gasteiger partial charge in [-0.05, 0) is 42.9 Å². The van der Waals surface area contributed by atoms with Crippen LogP contribution in [0.25, 0.3) is 11.3 Å². The van der Waals surface area contributed by atoms with Crippen molar-refractivity contribution < 1.29 is 22.7 Å². The van der Waals surface area contributed by atoms with Gasteiger partial charge in [-0.2, -0.15) is 0 Å². The molecule has 0 spiro atoms.